The fraction of sp³-hybridized carbons (Fsp3) is 0.143. The zero-order valence-corrected chi connectivity index (χ0v) is 23.5. The first kappa shape index (κ1) is 29.7. The Bertz CT molecular complexity index is 1600. The number of rotatable bonds is 8. The van der Waals surface area contributed by atoms with Gasteiger partial charge < -0.3 is 14.8 Å². The zero-order valence-electron chi connectivity index (χ0n) is 21.1. The summed E-state index contributed by atoms with van der Waals surface area (Å²) in [5.41, 5.74) is 0.299. The summed E-state index contributed by atoms with van der Waals surface area (Å²) in [4.78, 5) is 39.0. The number of ether oxygens (including phenoxy) is 2. The number of anilines is 1. The molecule has 3 aromatic carbocycles. The molecule has 0 atom stereocenters. The Morgan fingerprint density at radius 3 is 2.56 bits per heavy atom. The van der Waals surface area contributed by atoms with Crippen LogP contribution in [0.1, 0.15) is 22.3 Å². The van der Waals surface area contributed by atoms with Gasteiger partial charge >= 0.3 is 6.18 Å². The van der Waals surface area contributed by atoms with Gasteiger partial charge in [-0.1, -0.05) is 34.1 Å². The molecule has 0 aliphatic carbocycles. The third-order valence-corrected chi connectivity index (χ3v) is 7.16. The number of nitrogens with zero attached hydrogens (tertiary/aromatic N) is 2. The van der Waals surface area contributed by atoms with Crippen LogP contribution < -0.4 is 14.8 Å². The molecule has 1 aliphatic heterocycles. The first-order chi connectivity index (χ1) is 19.5. The number of halogens is 4. The van der Waals surface area contributed by atoms with Crippen molar-refractivity contribution in [1.29, 1.82) is 5.26 Å². The monoisotopic (exact) mass is 645 g/mol. The van der Waals surface area contributed by atoms with Crippen molar-refractivity contribution in [2.75, 3.05) is 19.0 Å². The largest absolute Gasteiger partial charge is 0.495 e. The number of imide groups is 1. The van der Waals surface area contributed by atoms with Crippen LogP contribution in [0.15, 0.2) is 70.0 Å². The number of benzene rings is 3. The number of hydrogen-bond donors (Lipinski definition) is 1. The predicted octanol–water partition coefficient (Wildman–Crippen LogP) is 6.60. The summed E-state index contributed by atoms with van der Waals surface area (Å²) >= 11 is 3.97. The molecule has 41 heavy (non-hydrogen) atoms. The smallest absolute Gasteiger partial charge is 0.416 e. The quantitative estimate of drug-likeness (QED) is 0.275. The molecule has 1 saturated heterocycles. The standard InChI is InChI=1S/C28H19BrF3N3O5S/c1-39-23-8-6-19(28(30,31)32)12-21(23)34-25(36)14-35-26(37)24(41-27(35)38)11-18-10-20(29)7-9-22(18)40-15-17-5-3-2-4-16(17)13-33/h2-12H,14-15H2,1H3,(H,34,36)/b24-11-. The molecule has 4 rings (SSSR count). The predicted molar refractivity (Wildman–Crippen MR) is 149 cm³/mol. The SMILES string of the molecule is COc1ccc(C(F)(F)F)cc1NC(=O)CN1C(=O)S/C(=C\c2cc(Br)ccc2OCc2ccccc2C#N)C1=O. The van der Waals surface area contributed by atoms with Crippen molar-refractivity contribution in [3.63, 3.8) is 0 Å². The van der Waals surface area contributed by atoms with Crippen LogP contribution in [-0.4, -0.2) is 35.6 Å². The maximum absolute atomic E-state index is 13.1. The second-order valence-corrected chi connectivity index (χ2v) is 10.4. The van der Waals surface area contributed by atoms with Crippen LogP contribution in [0.2, 0.25) is 0 Å². The van der Waals surface area contributed by atoms with E-state index in [2.05, 4.69) is 27.3 Å². The van der Waals surface area contributed by atoms with Gasteiger partial charge in [0.2, 0.25) is 5.91 Å². The van der Waals surface area contributed by atoms with Gasteiger partial charge in [-0.15, -0.1) is 0 Å². The van der Waals surface area contributed by atoms with Gasteiger partial charge in [-0.05, 0) is 60.3 Å². The van der Waals surface area contributed by atoms with E-state index in [1.807, 2.05) is 0 Å². The Labute approximate surface area is 244 Å². The number of nitriles is 1. The molecule has 0 radical (unpaired) electrons. The molecule has 1 N–H and O–H groups in total. The van der Waals surface area contributed by atoms with E-state index >= 15 is 0 Å². The molecular formula is C28H19BrF3N3O5S. The van der Waals surface area contributed by atoms with Gasteiger partial charge in [0.1, 0.15) is 24.7 Å². The fourth-order valence-electron chi connectivity index (χ4n) is 3.77. The van der Waals surface area contributed by atoms with E-state index in [-0.39, 0.29) is 22.9 Å². The van der Waals surface area contributed by atoms with E-state index in [9.17, 15) is 32.8 Å². The van der Waals surface area contributed by atoms with Crippen LogP contribution in [0.4, 0.5) is 23.7 Å². The molecular weight excluding hydrogens is 627 g/mol. The minimum atomic E-state index is -4.66. The van der Waals surface area contributed by atoms with Gasteiger partial charge in [-0.2, -0.15) is 18.4 Å². The Morgan fingerprint density at radius 2 is 1.85 bits per heavy atom. The lowest BCUT2D eigenvalue weighted by Gasteiger charge is -2.16. The maximum atomic E-state index is 13.1. The van der Waals surface area contributed by atoms with Crippen molar-refractivity contribution in [2.24, 2.45) is 0 Å². The number of carbonyl (C=O) groups excluding carboxylic acids is 3. The number of nitrogens with one attached hydrogen (secondary N) is 1. The average Bonchev–Trinajstić information content (AvgIpc) is 3.19. The summed E-state index contributed by atoms with van der Waals surface area (Å²) < 4.78 is 51.0. The number of methoxy groups -OCH3 is 1. The molecule has 1 fully saturated rings. The van der Waals surface area contributed by atoms with Crippen molar-refractivity contribution >= 4 is 56.5 Å². The van der Waals surface area contributed by atoms with Gasteiger partial charge in [0.05, 0.1) is 34.9 Å². The summed E-state index contributed by atoms with van der Waals surface area (Å²) in [6.45, 7) is -0.652. The van der Waals surface area contributed by atoms with Crippen molar-refractivity contribution in [3.8, 4) is 17.6 Å². The first-order valence-electron chi connectivity index (χ1n) is 11.7. The summed E-state index contributed by atoms with van der Waals surface area (Å²) in [6, 6.07) is 16.6. The van der Waals surface area contributed by atoms with Crippen LogP contribution in [0.5, 0.6) is 11.5 Å². The fourth-order valence-corrected chi connectivity index (χ4v) is 4.98. The summed E-state index contributed by atoms with van der Waals surface area (Å²) in [5.74, 6) is -1.30. The van der Waals surface area contributed by atoms with E-state index < -0.39 is 35.3 Å². The summed E-state index contributed by atoms with van der Waals surface area (Å²) in [6.07, 6.45) is -3.22. The van der Waals surface area contributed by atoms with Crippen molar-refractivity contribution in [1.82, 2.24) is 4.90 Å². The Kier molecular flexibility index (Phi) is 9.05. The molecule has 0 bridgehead atoms. The Morgan fingerprint density at radius 1 is 1.12 bits per heavy atom. The van der Waals surface area contributed by atoms with E-state index in [0.717, 1.165) is 12.1 Å². The molecule has 0 saturated carbocycles. The van der Waals surface area contributed by atoms with Crippen LogP contribution in [-0.2, 0) is 22.4 Å². The lowest BCUT2D eigenvalue weighted by Crippen LogP contribution is -2.36. The van der Waals surface area contributed by atoms with Gasteiger partial charge in [0, 0.05) is 15.6 Å². The normalized spacial score (nSPS) is 14.2. The highest BCUT2D eigenvalue weighted by atomic mass is 79.9. The first-order valence-corrected chi connectivity index (χ1v) is 13.3. The molecule has 0 spiro atoms. The number of alkyl halides is 3. The molecule has 210 valence electrons. The molecule has 3 amide bonds. The highest BCUT2D eigenvalue weighted by Crippen LogP contribution is 2.37. The number of amides is 3. The molecule has 13 heteroatoms. The molecule has 0 unspecified atom stereocenters. The second kappa shape index (κ2) is 12.5. The number of hydrogen-bond acceptors (Lipinski definition) is 7. The highest BCUT2D eigenvalue weighted by molar-refractivity contribution is 9.10. The second-order valence-electron chi connectivity index (χ2n) is 8.47. The number of carbonyl (C=O) groups is 3. The van der Waals surface area contributed by atoms with Gasteiger partial charge in [0.15, 0.2) is 0 Å². The summed E-state index contributed by atoms with van der Waals surface area (Å²) in [5, 5.41) is 10.9. The molecule has 8 nitrogen and oxygen atoms in total. The van der Waals surface area contributed by atoms with Crippen LogP contribution in [0.3, 0.4) is 0 Å². The van der Waals surface area contributed by atoms with E-state index in [1.165, 1.54) is 13.2 Å². The minimum absolute atomic E-state index is 0.0137. The van der Waals surface area contributed by atoms with E-state index in [1.54, 1.807) is 42.5 Å². The average molecular weight is 646 g/mol. The Balaban J connectivity index is 1.51. The third-order valence-electron chi connectivity index (χ3n) is 5.76. The van der Waals surface area contributed by atoms with Crippen molar-refractivity contribution < 1.29 is 37.0 Å². The van der Waals surface area contributed by atoms with E-state index in [0.29, 0.717) is 49.6 Å². The zero-order chi connectivity index (χ0) is 29.7. The lowest BCUT2D eigenvalue weighted by molar-refractivity contribution is -0.137. The third kappa shape index (κ3) is 7.08. The van der Waals surface area contributed by atoms with Crippen molar-refractivity contribution in [3.05, 3.63) is 92.3 Å². The minimum Gasteiger partial charge on any atom is -0.495 e. The topological polar surface area (TPSA) is 109 Å². The van der Waals surface area contributed by atoms with Gasteiger partial charge in [0.25, 0.3) is 11.1 Å². The molecule has 1 heterocycles. The van der Waals surface area contributed by atoms with E-state index in [4.69, 9.17) is 9.47 Å². The molecule has 0 aromatic heterocycles. The van der Waals surface area contributed by atoms with Crippen LogP contribution >= 0.6 is 27.7 Å². The van der Waals surface area contributed by atoms with Crippen molar-refractivity contribution in [2.45, 2.75) is 12.8 Å². The number of thioether (sulfide) groups is 1. The lowest BCUT2D eigenvalue weighted by atomic mass is 10.1. The van der Waals surface area contributed by atoms with Gasteiger partial charge in [-0.3, -0.25) is 19.3 Å². The summed E-state index contributed by atoms with van der Waals surface area (Å²) in [7, 11) is 1.22. The maximum Gasteiger partial charge on any atom is 0.416 e. The molecule has 1 aliphatic rings. The highest BCUT2D eigenvalue weighted by Gasteiger charge is 2.37. The van der Waals surface area contributed by atoms with Crippen LogP contribution in [0.25, 0.3) is 6.08 Å². The Hall–Kier alpha value is -4.28. The molecule has 3 aromatic rings. The van der Waals surface area contributed by atoms with Crippen LogP contribution in [0, 0.1) is 11.3 Å². The van der Waals surface area contributed by atoms with Gasteiger partial charge in [-0.25, -0.2) is 0 Å².